The SMILES string of the molecule is NS(=O)(=O)c1ccc(OCC(F)(F)F)c(F)c1F. The lowest BCUT2D eigenvalue weighted by Crippen LogP contribution is -2.20. The van der Waals surface area contributed by atoms with E-state index >= 15 is 0 Å². The average molecular weight is 291 g/mol. The summed E-state index contributed by atoms with van der Waals surface area (Å²) < 4.78 is 87.3. The first-order valence-corrected chi connectivity index (χ1v) is 5.77. The summed E-state index contributed by atoms with van der Waals surface area (Å²) in [5, 5.41) is 4.56. The molecule has 0 fully saturated rings. The third kappa shape index (κ3) is 3.53. The van der Waals surface area contributed by atoms with Gasteiger partial charge in [0, 0.05) is 0 Å². The fourth-order valence-corrected chi connectivity index (χ4v) is 1.60. The van der Waals surface area contributed by atoms with Crippen LogP contribution in [0.3, 0.4) is 0 Å². The van der Waals surface area contributed by atoms with Gasteiger partial charge in [0.25, 0.3) is 0 Å². The van der Waals surface area contributed by atoms with Gasteiger partial charge in [0.2, 0.25) is 15.8 Å². The summed E-state index contributed by atoms with van der Waals surface area (Å²) in [7, 11) is -4.51. The number of alkyl halides is 3. The standard InChI is InChI=1S/C8H6F5NO3S/c9-6-4(17-3-8(11,12)13)1-2-5(7(6)10)18(14,15)16/h1-2H,3H2,(H2,14,15,16). The van der Waals surface area contributed by atoms with Gasteiger partial charge < -0.3 is 4.74 Å². The average Bonchev–Trinajstić information content (AvgIpc) is 2.17. The van der Waals surface area contributed by atoms with Gasteiger partial charge >= 0.3 is 6.18 Å². The van der Waals surface area contributed by atoms with Gasteiger partial charge in [-0.15, -0.1) is 0 Å². The van der Waals surface area contributed by atoms with Crippen molar-refractivity contribution in [3.63, 3.8) is 0 Å². The van der Waals surface area contributed by atoms with Crippen molar-refractivity contribution in [2.75, 3.05) is 6.61 Å². The summed E-state index contributed by atoms with van der Waals surface area (Å²) >= 11 is 0. The molecule has 0 unspecified atom stereocenters. The molecule has 0 heterocycles. The normalized spacial score (nSPS) is 12.6. The van der Waals surface area contributed by atoms with E-state index in [1.54, 1.807) is 0 Å². The Morgan fingerprint density at radius 3 is 2.17 bits per heavy atom. The molecule has 0 aromatic heterocycles. The molecule has 2 N–H and O–H groups in total. The molecule has 0 bridgehead atoms. The molecule has 0 aliphatic carbocycles. The van der Waals surface area contributed by atoms with E-state index in [0.717, 1.165) is 0 Å². The number of nitrogens with two attached hydrogens (primary N) is 1. The summed E-state index contributed by atoms with van der Waals surface area (Å²) in [5.41, 5.74) is 0. The number of hydrogen-bond acceptors (Lipinski definition) is 3. The highest BCUT2D eigenvalue weighted by Crippen LogP contribution is 2.26. The van der Waals surface area contributed by atoms with E-state index in [-0.39, 0.29) is 0 Å². The van der Waals surface area contributed by atoms with E-state index < -0.39 is 45.1 Å². The van der Waals surface area contributed by atoms with Gasteiger partial charge in [-0.2, -0.15) is 17.6 Å². The first-order chi connectivity index (χ1) is 8.02. The highest BCUT2D eigenvalue weighted by atomic mass is 32.2. The lowest BCUT2D eigenvalue weighted by molar-refractivity contribution is -0.153. The summed E-state index contributed by atoms with van der Waals surface area (Å²) in [4.78, 5) is -1.17. The highest BCUT2D eigenvalue weighted by molar-refractivity contribution is 7.89. The Balaban J connectivity index is 3.10. The summed E-state index contributed by atoms with van der Waals surface area (Å²) in [6.45, 7) is -1.84. The number of hydrogen-bond donors (Lipinski definition) is 1. The minimum absolute atomic E-state index is 0.513. The van der Waals surface area contributed by atoms with Crippen molar-refractivity contribution in [3.05, 3.63) is 23.8 Å². The molecule has 0 radical (unpaired) electrons. The zero-order valence-corrected chi connectivity index (χ0v) is 9.28. The van der Waals surface area contributed by atoms with Crippen LogP contribution in [0.15, 0.2) is 17.0 Å². The molecule has 0 spiro atoms. The third-order valence-electron chi connectivity index (χ3n) is 1.71. The monoisotopic (exact) mass is 291 g/mol. The minimum Gasteiger partial charge on any atom is -0.481 e. The quantitative estimate of drug-likeness (QED) is 0.859. The number of primary sulfonamides is 1. The molecule has 1 rings (SSSR count). The molecule has 0 saturated carbocycles. The maximum atomic E-state index is 13.2. The van der Waals surface area contributed by atoms with Crippen molar-refractivity contribution >= 4 is 10.0 Å². The van der Waals surface area contributed by atoms with Crippen LogP contribution < -0.4 is 9.88 Å². The number of benzene rings is 1. The van der Waals surface area contributed by atoms with Crippen LogP contribution in [-0.2, 0) is 10.0 Å². The molecule has 18 heavy (non-hydrogen) atoms. The van der Waals surface area contributed by atoms with Crippen molar-refractivity contribution in [2.45, 2.75) is 11.1 Å². The Morgan fingerprint density at radius 1 is 1.17 bits per heavy atom. The molecule has 0 atom stereocenters. The molecule has 1 aromatic carbocycles. The number of sulfonamides is 1. The smallest absolute Gasteiger partial charge is 0.422 e. The molecule has 4 nitrogen and oxygen atoms in total. The molecule has 1 aromatic rings. The molecular formula is C8H6F5NO3S. The number of ether oxygens (including phenoxy) is 1. The predicted octanol–water partition coefficient (Wildman–Crippen LogP) is 1.55. The lowest BCUT2D eigenvalue weighted by Gasteiger charge is -2.11. The first kappa shape index (κ1) is 14.6. The summed E-state index contributed by atoms with van der Waals surface area (Å²) in [6.07, 6.45) is -4.73. The van der Waals surface area contributed by atoms with Crippen LogP contribution in [0.5, 0.6) is 5.75 Å². The van der Waals surface area contributed by atoms with Crippen molar-refractivity contribution in [1.82, 2.24) is 0 Å². The van der Waals surface area contributed by atoms with Crippen LogP contribution in [0.4, 0.5) is 22.0 Å². The zero-order valence-electron chi connectivity index (χ0n) is 8.46. The zero-order chi connectivity index (χ0) is 14.1. The van der Waals surface area contributed by atoms with Crippen molar-refractivity contribution < 1.29 is 35.1 Å². The van der Waals surface area contributed by atoms with E-state index in [0.29, 0.717) is 12.1 Å². The molecule has 0 saturated heterocycles. The number of rotatable bonds is 3. The van der Waals surface area contributed by atoms with Crippen LogP contribution in [0.2, 0.25) is 0 Å². The molecule has 0 aliphatic heterocycles. The van der Waals surface area contributed by atoms with E-state index in [2.05, 4.69) is 9.88 Å². The predicted molar refractivity (Wildman–Crippen MR) is 49.3 cm³/mol. The van der Waals surface area contributed by atoms with Crippen LogP contribution in [-0.4, -0.2) is 21.2 Å². The van der Waals surface area contributed by atoms with Crippen LogP contribution in [0.25, 0.3) is 0 Å². The fraction of sp³-hybridized carbons (Fsp3) is 0.250. The Hall–Kier alpha value is -1.42. The second-order valence-corrected chi connectivity index (χ2v) is 4.67. The van der Waals surface area contributed by atoms with Crippen molar-refractivity contribution in [2.24, 2.45) is 5.14 Å². The van der Waals surface area contributed by atoms with Gasteiger partial charge in [-0.1, -0.05) is 0 Å². The molecule has 102 valence electrons. The molecule has 10 heteroatoms. The van der Waals surface area contributed by atoms with Gasteiger partial charge in [0.15, 0.2) is 18.2 Å². The highest BCUT2D eigenvalue weighted by Gasteiger charge is 2.30. The Bertz CT molecular complexity index is 555. The van der Waals surface area contributed by atoms with Gasteiger partial charge in [0.1, 0.15) is 4.90 Å². The van der Waals surface area contributed by atoms with Crippen LogP contribution in [0, 0.1) is 11.6 Å². The summed E-state index contributed by atoms with van der Waals surface area (Å²) in [5.74, 6) is -4.81. The topological polar surface area (TPSA) is 69.4 Å². The van der Waals surface area contributed by atoms with Gasteiger partial charge in [-0.3, -0.25) is 0 Å². The van der Waals surface area contributed by atoms with Gasteiger partial charge in [-0.25, -0.2) is 17.9 Å². The van der Waals surface area contributed by atoms with Gasteiger partial charge in [0.05, 0.1) is 0 Å². The lowest BCUT2D eigenvalue weighted by atomic mass is 10.3. The maximum Gasteiger partial charge on any atom is 0.422 e. The first-order valence-electron chi connectivity index (χ1n) is 4.23. The van der Waals surface area contributed by atoms with Crippen molar-refractivity contribution in [1.29, 1.82) is 0 Å². The van der Waals surface area contributed by atoms with E-state index in [9.17, 15) is 30.4 Å². The number of halogens is 5. The fourth-order valence-electron chi connectivity index (χ4n) is 1.00. The van der Waals surface area contributed by atoms with Crippen LogP contribution in [0.1, 0.15) is 0 Å². The Labute approximate surface area is 98.2 Å². The van der Waals surface area contributed by atoms with E-state index in [1.807, 2.05) is 0 Å². The largest absolute Gasteiger partial charge is 0.481 e. The molecule has 0 amide bonds. The second kappa shape index (κ2) is 4.69. The van der Waals surface area contributed by atoms with E-state index in [4.69, 9.17) is 0 Å². The van der Waals surface area contributed by atoms with Crippen molar-refractivity contribution in [3.8, 4) is 5.75 Å². The minimum atomic E-state index is -4.73. The second-order valence-electron chi connectivity index (χ2n) is 3.14. The summed E-state index contributed by atoms with van der Waals surface area (Å²) in [6, 6.07) is 1.06. The van der Waals surface area contributed by atoms with Gasteiger partial charge in [-0.05, 0) is 12.1 Å². The third-order valence-corrected chi connectivity index (χ3v) is 2.64. The Morgan fingerprint density at radius 2 is 1.72 bits per heavy atom. The van der Waals surface area contributed by atoms with E-state index in [1.165, 1.54) is 0 Å². The molecule has 0 aliphatic rings. The molecular weight excluding hydrogens is 285 g/mol. The van der Waals surface area contributed by atoms with Crippen LogP contribution >= 0.6 is 0 Å². The Kier molecular flexibility index (Phi) is 3.81. The maximum absolute atomic E-state index is 13.2.